The first-order valence-corrected chi connectivity index (χ1v) is 4.42. The Kier molecular flexibility index (Phi) is 8.20. The van der Waals surface area contributed by atoms with Crippen LogP contribution in [0, 0.1) is 0 Å². The van der Waals surface area contributed by atoms with Crippen molar-refractivity contribution < 1.29 is 0 Å². The fraction of sp³-hybridized carbons (Fsp3) is 0.273. The van der Waals surface area contributed by atoms with Gasteiger partial charge in [0.1, 0.15) is 0 Å². The minimum absolute atomic E-state index is 0.719. The quantitative estimate of drug-likeness (QED) is 0.739. The Hall–Kier alpha value is -1.12. The van der Waals surface area contributed by atoms with E-state index in [1.807, 2.05) is 36.4 Å². The Labute approximate surface area is 80.3 Å². The van der Waals surface area contributed by atoms with Crippen LogP contribution in [0.25, 0.3) is 6.08 Å². The summed E-state index contributed by atoms with van der Waals surface area (Å²) < 4.78 is 0. The van der Waals surface area contributed by atoms with Crippen LogP contribution in [0.15, 0.2) is 36.9 Å². The fourth-order valence-electron chi connectivity index (χ4n) is 0.707. The molecule has 72 valence electrons. The highest BCUT2D eigenvalue weighted by Gasteiger charge is 1.75. The average Bonchev–Trinajstić information content (AvgIpc) is 2.21. The number of nitrogens with two attached hydrogens (primary N) is 2. The van der Waals surface area contributed by atoms with Crippen molar-refractivity contribution in [2.45, 2.75) is 6.42 Å². The number of hydrogen-bond donors (Lipinski definition) is 2. The van der Waals surface area contributed by atoms with Gasteiger partial charge in [0, 0.05) is 0 Å². The summed E-state index contributed by atoms with van der Waals surface area (Å²) in [5.41, 5.74) is 11.3. The van der Waals surface area contributed by atoms with Crippen LogP contribution in [0.4, 0.5) is 0 Å². The van der Waals surface area contributed by atoms with Crippen LogP contribution in [0.1, 0.15) is 12.0 Å². The second kappa shape index (κ2) is 8.97. The van der Waals surface area contributed by atoms with E-state index in [2.05, 4.69) is 6.58 Å². The van der Waals surface area contributed by atoms with Crippen molar-refractivity contribution in [1.29, 1.82) is 0 Å². The molecule has 1 aromatic carbocycles. The molecule has 4 N–H and O–H groups in total. The smallest absolute Gasteiger partial charge is 0.00653 e. The average molecular weight is 178 g/mol. The maximum absolute atomic E-state index is 5.06. The molecule has 0 aromatic heterocycles. The Morgan fingerprint density at radius 2 is 1.62 bits per heavy atom. The van der Waals surface area contributed by atoms with Crippen LogP contribution in [0.2, 0.25) is 0 Å². The molecule has 0 saturated heterocycles. The molecule has 0 aliphatic heterocycles. The predicted octanol–water partition coefficient (Wildman–Crippen LogP) is 1.62. The zero-order chi connectivity index (χ0) is 9.94. The first kappa shape index (κ1) is 11.9. The number of rotatable bonds is 3. The molecule has 0 aliphatic rings. The van der Waals surface area contributed by atoms with E-state index in [0.717, 1.165) is 19.5 Å². The summed E-state index contributed by atoms with van der Waals surface area (Å²) in [7, 11) is 0. The molecule has 0 atom stereocenters. The Bertz CT molecular complexity index is 205. The zero-order valence-corrected chi connectivity index (χ0v) is 7.95. The fourth-order valence-corrected chi connectivity index (χ4v) is 0.707. The van der Waals surface area contributed by atoms with E-state index in [1.54, 1.807) is 0 Å². The maximum Gasteiger partial charge on any atom is -0.00653 e. The maximum atomic E-state index is 5.06. The summed E-state index contributed by atoms with van der Waals surface area (Å²) in [4.78, 5) is 0. The van der Waals surface area contributed by atoms with Gasteiger partial charge in [0.15, 0.2) is 0 Å². The molecule has 0 aliphatic carbocycles. The minimum Gasteiger partial charge on any atom is -0.330 e. The van der Waals surface area contributed by atoms with Crippen molar-refractivity contribution in [2.75, 3.05) is 13.1 Å². The lowest BCUT2D eigenvalue weighted by atomic mass is 10.2. The number of hydrogen-bond acceptors (Lipinski definition) is 2. The minimum atomic E-state index is 0.719. The Morgan fingerprint density at radius 1 is 1.08 bits per heavy atom. The molecular weight excluding hydrogens is 160 g/mol. The van der Waals surface area contributed by atoms with Gasteiger partial charge in [0.05, 0.1) is 0 Å². The lowest BCUT2D eigenvalue weighted by molar-refractivity contribution is 0.844. The van der Waals surface area contributed by atoms with Crippen LogP contribution in [-0.4, -0.2) is 13.1 Å². The largest absolute Gasteiger partial charge is 0.330 e. The summed E-state index contributed by atoms with van der Waals surface area (Å²) >= 11 is 0. The molecular formula is C11H18N2. The Balaban J connectivity index is 0.000000252. The van der Waals surface area contributed by atoms with E-state index >= 15 is 0 Å². The molecule has 0 heterocycles. The van der Waals surface area contributed by atoms with Crippen LogP contribution < -0.4 is 11.5 Å². The summed E-state index contributed by atoms with van der Waals surface area (Å²) in [6, 6.07) is 10.0. The summed E-state index contributed by atoms with van der Waals surface area (Å²) in [5.74, 6) is 0. The molecule has 1 rings (SSSR count). The third-order valence-electron chi connectivity index (χ3n) is 1.44. The van der Waals surface area contributed by atoms with Crippen molar-refractivity contribution in [3.8, 4) is 0 Å². The van der Waals surface area contributed by atoms with E-state index < -0.39 is 0 Å². The molecule has 0 fully saturated rings. The molecule has 2 nitrogen and oxygen atoms in total. The van der Waals surface area contributed by atoms with Gasteiger partial charge in [-0.05, 0) is 25.1 Å². The molecule has 0 spiro atoms. The first-order valence-electron chi connectivity index (χ1n) is 4.42. The molecule has 1 aromatic rings. The van der Waals surface area contributed by atoms with Gasteiger partial charge in [-0.3, -0.25) is 0 Å². The molecule has 0 amide bonds. The SMILES string of the molecule is C=Cc1ccccc1.NCCCN. The van der Waals surface area contributed by atoms with Crippen molar-refractivity contribution in [1.82, 2.24) is 0 Å². The van der Waals surface area contributed by atoms with Gasteiger partial charge in [-0.25, -0.2) is 0 Å². The third-order valence-corrected chi connectivity index (χ3v) is 1.44. The summed E-state index contributed by atoms with van der Waals surface area (Å²) in [6.07, 6.45) is 2.78. The topological polar surface area (TPSA) is 52.0 Å². The van der Waals surface area contributed by atoms with E-state index in [9.17, 15) is 0 Å². The highest BCUT2D eigenvalue weighted by atomic mass is 14.6. The normalized spacial score (nSPS) is 8.46. The van der Waals surface area contributed by atoms with E-state index in [0.29, 0.717) is 0 Å². The van der Waals surface area contributed by atoms with Gasteiger partial charge >= 0.3 is 0 Å². The van der Waals surface area contributed by atoms with E-state index in [-0.39, 0.29) is 0 Å². The van der Waals surface area contributed by atoms with Crippen LogP contribution in [0.3, 0.4) is 0 Å². The van der Waals surface area contributed by atoms with Gasteiger partial charge in [-0.15, -0.1) is 0 Å². The number of benzene rings is 1. The molecule has 13 heavy (non-hydrogen) atoms. The van der Waals surface area contributed by atoms with Gasteiger partial charge in [0.2, 0.25) is 0 Å². The molecule has 0 bridgehead atoms. The highest BCUT2D eigenvalue weighted by molar-refractivity contribution is 5.45. The van der Waals surface area contributed by atoms with Gasteiger partial charge < -0.3 is 11.5 Å². The van der Waals surface area contributed by atoms with Crippen LogP contribution in [-0.2, 0) is 0 Å². The molecule has 2 heteroatoms. The van der Waals surface area contributed by atoms with Crippen LogP contribution in [0.5, 0.6) is 0 Å². The lowest BCUT2D eigenvalue weighted by Gasteiger charge is -1.85. The van der Waals surface area contributed by atoms with Crippen molar-refractivity contribution in [2.24, 2.45) is 11.5 Å². The first-order chi connectivity index (χ1) is 6.35. The molecule has 0 unspecified atom stereocenters. The second-order valence-electron chi connectivity index (χ2n) is 2.55. The van der Waals surface area contributed by atoms with Crippen molar-refractivity contribution in [3.63, 3.8) is 0 Å². The monoisotopic (exact) mass is 178 g/mol. The van der Waals surface area contributed by atoms with Gasteiger partial charge in [-0.1, -0.05) is 43.0 Å². The zero-order valence-electron chi connectivity index (χ0n) is 7.95. The third kappa shape index (κ3) is 7.25. The van der Waals surface area contributed by atoms with E-state index in [1.165, 1.54) is 5.56 Å². The van der Waals surface area contributed by atoms with Crippen molar-refractivity contribution in [3.05, 3.63) is 42.5 Å². The van der Waals surface area contributed by atoms with Gasteiger partial charge in [-0.2, -0.15) is 0 Å². The Morgan fingerprint density at radius 3 is 1.85 bits per heavy atom. The molecule has 0 radical (unpaired) electrons. The summed E-state index contributed by atoms with van der Waals surface area (Å²) in [6.45, 7) is 5.07. The predicted molar refractivity (Wildman–Crippen MR) is 59.3 cm³/mol. The van der Waals surface area contributed by atoms with E-state index in [4.69, 9.17) is 11.5 Å². The second-order valence-corrected chi connectivity index (χ2v) is 2.55. The molecule has 0 saturated carbocycles. The van der Waals surface area contributed by atoms with Gasteiger partial charge in [0.25, 0.3) is 0 Å². The van der Waals surface area contributed by atoms with Crippen LogP contribution >= 0.6 is 0 Å². The lowest BCUT2D eigenvalue weighted by Crippen LogP contribution is -2.06. The summed E-state index contributed by atoms with van der Waals surface area (Å²) in [5, 5.41) is 0. The standard InChI is InChI=1S/C8H8.C3H10N2/c1-2-8-6-4-3-5-7-8;4-2-1-3-5/h2-7H,1H2;1-5H2. The highest BCUT2D eigenvalue weighted by Crippen LogP contribution is 1.97. The van der Waals surface area contributed by atoms with Crippen molar-refractivity contribution >= 4 is 6.08 Å².